The summed E-state index contributed by atoms with van der Waals surface area (Å²) in [4.78, 5) is 19.0. The van der Waals surface area contributed by atoms with Gasteiger partial charge in [-0.15, -0.1) is 24.9 Å². The largest absolute Gasteiger partial charge is 0.573 e. The Morgan fingerprint density at radius 1 is 1.15 bits per heavy atom. The first-order valence-electron chi connectivity index (χ1n) is 13.0. The van der Waals surface area contributed by atoms with Crippen LogP contribution in [0.4, 0.5) is 13.2 Å². The van der Waals surface area contributed by atoms with Crippen LogP contribution < -0.4 is 9.47 Å². The van der Waals surface area contributed by atoms with Gasteiger partial charge in [0.25, 0.3) is 0 Å². The minimum atomic E-state index is -4.72. The Morgan fingerprint density at radius 3 is 2.77 bits per heavy atom. The number of benzene rings is 2. The standard InChI is InChI=1S/C29H33F3N2O4S/c1-37-23-8-9-27-26(18-23)21(10-12-33-27)5-2-4-20-11-13-34(19-22(20)16-28(35)36)14-15-39-25-7-3-6-24(17-25)38-29(30,31)32/h3,6-10,12,17-18,20,22H,2,4-5,11,13-16,19H2,1H3,(H,35,36)/t20-,22+/m1/s1. The van der Waals surface area contributed by atoms with Crippen LogP contribution >= 0.6 is 11.8 Å². The molecule has 3 aromatic rings. The zero-order valence-corrected chi connectivity index (χ0v) is 22.6. The predicted molar refractivity (Wildman–Crippen MR) is 145 cm³/mol. The van der Waals surface area contributed by atoms with E-state index in [4.69, 9.17) is 4.74 Å². The number of likely N-dealkylation sites (tertiary alicyclic amines) is 1. The molecule has 0 saturated carbocycles. The van der Waals surface area contributed by atoms with E-state index in [1.807, 2.05) is 30.5 Å². The number of alkyl halides is 3. The van der Waals surface area contributed by atoms with Crippen molar-refractivity contribution in [2.24, 2.45) is 11.8 Å². The number of nitrogens with zero attached hydrogens (tertiary/aromatic N) is 2. The second kappa shape index (κ2) is 13.4. The van der Waals surface area contributed by atoms with Crippen LogP contribution in [0.2, 0.25) is 0 Å². The number of rotatable bonds is 12. The Labute approximate surface area is 230 Å². The van der Waals surface area contributed by atoms with Crippen molar-refractivity contribution in [3.05, 3.63) is 60.3 Å². The summed E-state index contributed by atoms with van der Waals surface area (Å²) in [6.45, 7) is 2.33. The molecule has 6 nitrogen and oxygen atoms in total. The van der Waals surface area contributed by atoms with Gasteiger partial charge in [-0.3, -0.25) is 9.78 Å². The second-order valence-electron chi connectivity index (χ2n) is 9.82. The van der Waals surface area contributed by atoms with E-state index >= 15 is 0 Å². The highest BCUT2D eigenvalue weighted by molar-refractivity contribution is 7.99. The number of piperidine rings is 1. The van der Waals surface area contributed by atoms with E-state index in [1.54, 1.807) is 19.2 Å². The topological polar surface area (TPSA) is 71.9 Å². The number of aliphatic carboxylic acids is 1. The van der Waals surface area contributed by atoms with Gasteiger partial charge in [0.05, 0.1) is 12.6 Å². The number of thioether (sulfide) groups is 1. The normalized spacial score (nSPS) is 18.3. The van der Waals surface area contributed by atoms with E-state index in [0.717, 1.165) is 55.4 Å². The molecule has 2 heterocycles. The first-order valence-corrected chi connectivity index (χ1v) is 14.0. The van der Waals surface area contributed by atoms with Crippen molar-refractivity contribution in [3.8, 4) is 11.5 Å². The fraction of sp³-hybridized carbons (Fsp3) is 0.448. The molecule has 1 fully saturated rings. The van der Waals surface area contributed by atoms with Gasteiger partial charge in [-0.1, -0.05) is 6.07 Å². The third-order valence-corrected chi connectivity index (χ3v) is 8.16. The molecule has 1 saturated heterocycles. The van der Waals surface area contributed by atoms with Crippen LogP contribution in [0.3, 0.4) is 0 Å². The summed E-state index contributed by atoms with van der Waals surface area (Å²) in [7, 11) is 1.65. The number of pyridine rings is 1. The van der Waals surface area contributed by atoms with Gasteiger partial charge in [0.15, 0.2) is 0 Å². The van der Waals surface area contributed by atoms with E-state index in [-0.39, 0.29) is 18.1 Å². The number of fused-ring (bicyclic) bond motifs is 1. The van der Waals surface area contributed by atoms with Gasteiger partial charge in [0.2, 0.25) is 0 Å². The van der Waals surface area contributed by atoms with Crippen molar-refractivity contribution in [3.63, 3.8) is 0 Å². The molecule has 1 N–H and O–H groups in total. The van der Waals surface area contributed by atoms with E-state index in [2.05, 4.69) is 14.6 Å². The Balaban J connectivity index is 1.28. The number of hydrogen-bond donors (Lipinski definition) is 1. The minimum absolute atomic E-state index is 0.0686. The van der Waals surface area contributed by atoms with Crippen LogP contribution in [0.25, 0.3) is 10.9 Å². The van der Waals surface area contributed by atoms with E-state index in [1.165, 1.54) is 29.5 Å². The van der Waals surface area contributed by atoms with E-state index < -0.39 is 12.3 Å². The summed E-state index contributed by atoms with van der Waals surface area (Å²) in [5.74, 6) is 0.885. The van der Waals surface area contributed by atoms with Gasteiger partial charge in [0.1, 0.15) is 11.5 Å². The van der Waals surface area contributed by atoms with Crippen molar-refractivity contribution in [2.45, 2.75) is 43.4 Å². The Morgan fingerprint density at radius 2 is 2.00 bits per heavy atom. The molecule has 0 unspecified atom stereocenters. The molecule has 1 aliphatic rings. The monoisotopic (exact) mass is 562 g/mol. The first kappa shape index (κ1) is 29.0. The van der Waals surface area contributed by atoms with Crippen molar-refractivity contribution in [2.75, 3.05) is 32.5 Å². The van der Waals surface area contributed by atoms with Crippen molar-refractivity contribution < 1.29 is 32.5 Å². The molecular weight excluding hydrogens is 529 g/mol. The van der Waals surface area contributed by atoms with Gasteiger partial charge in [-0.05, 0) is 92.1 Å². The average molecular weight is 563 g/mol. The number of aromatic nitrogens is 1. The molecule has 2 aromatic carbocycles. The first-order chi connectivity index (χ1) is 18.7. The molecule has 0 amide bonds. The fourth-order valence-corrected chi connectivity index (χ4v) is 6.29. The van der Waals surface area contributed by atoms with Crippen LogP contribution in [0.1, 0.15) is 31.2 Å². The molecule has 210 valence electrons. The number of aryl methyl sites for hydroxylation is 1. The Bertz CT molecular complexity index is 1260. The fourth-order valence-electron chi connectivity index (χ4n) is 5.33. The van der Waals surface area contributed by atoms with Crippen LogP contribution in [-0.2, 0) is 11.2 Å². The SMILES string of the molecule is COc1ccc2nccc(CCC[C@@H]3CCN(CCSc4cccc(OC(F)(F)F)c4)C[C@@H]3CC(=O)O)c2c1. The smallest absolute Gasteiger partial charge is 0.497 e. The Hall–Kier alpha value is -2.98. The van der Waals surface area contributed by atoms with Crippen molar-refractivity contribution >= 4 is 28.6 Å². The number of halogens is 3. The summed E-state index contributed by atoms with van der Waals surface area (Å²) in [5.41, 5.74) is 2.15. The molecular formula is C29H33F3N2O4S. The zero-order chi connectivity index (χ0) is 27.8. The number of ether oxygens (including phenoxy) is 2. The summed E-state index contributed by atoms with van der Waals surface area (Å²) < 4.78 is 46.9. The third-order valence-electron chi connectivity index (χ3n) is 7.19. The molecule has 0 radical (unpaired) electrons. The lowest BCUT2D eigenvalue weighted by Gasteiger charge is -2.38. The highest BCUT2D eigenvalue weighted by atomic mass is 32.2. The predicted octanol–water partition coefficient (Wildman–Crippen LogP) is 6.67. The molecule has 39 heavy (non-hydrogen) atoms. The lowest BCUT2D eigenvalue weighted by molar-refractivity contribution is -0.274. The average Bonchev–Trinajstić information content (AvgIpc) is 2.88. The molecule has 2 atom stereocenters. The summed E-state index contributed by atoms with van der Waals surface area (Å²) >= 11 is 1.47. The Kier molecular flexibility index (Phi) is 9.96. The lowest BCUT2D eigenvalue weighted by Crippen LogP contribution is -2.42. The maximum atomic E-state index is 12.5. The molecule has 0 aliphatic carbocycles. The number of carboxylic acids is 1. The number of methoxy groups -OCH3 is 1. The number of carboxylic acid groups (broad SMARTS) is 1. The molecule has 10 heteroatoms. The molecule has 1 aromatic heterocycles. The number of carbonyl (C=O) groups is 1. The van der Waals surface area contributed by atoms with Crippen molar-refractivity contribution in [1.82, 2.24) is 9.88 Å². The van der Waals surface area contributed by atoms with E-state index in [0.29, 0.717) is 23.1 Å². The van der Waals surface area contributed by atoms with Gasteiger partial charge in [-0.2, -0.15) is 0 Å². The van der Waals surface area contributed by atoms with Crippen LogP contribution in [-0.4, -0.2) is 59.8 Å². The van der Waals surface area contributed by atoms with Crippen LogP contribution in [0, 0.1) is 11.8 Å². The highest BCUT2D eigenvalue weighted by Crippen LogP contribution is 2.33. The summed E-state index contributed by atoms with van der Waals surface area (Å²) in [6.07, 6.45) is 0.992. The molecule has 1 aliphatic heterocycles. The highest BCUT2D eigenvalue weighted by Gasteiger charge is 2.32. The van der Waals surface area contributed by atoms with Gasteiger partial charge in [0, 0.05) is 41.7 Å². The number of hydrogen-bond acceptors (Lipinski definition) is 6. The van der Waals surface area contributed by atoms with Gasteiger partial charge < -0.3 is 19.5 Å². The lowest BCUT2D eigenvalue weighted by atomic mass is 9.80. The molecule has 0 bridgehead atoms. The quantitative estimate of drug-likeness (QED) is 0.247. The zero-order valence-electron chi connectivity index (χ0n) is 21.8. The molecule has 0 spiro atoms. The van der Waals surface area contributed by atoms with Crippen LogP contribution in [0.5, 0.6) is 11.5 Å². The van der Waals surface area contributed by atoms with Gasteiger partial charge >= 0.3 is 12.3 Å². The van der Waals surface area contributed by atoms with Gasteiger partial charge in [-0.25, -0.2) is 0 Å². The van der Waals surface area contributed by atoms with E-state index in [9.17, 15) is 23.1 Å². The summed E-state index contributed by atoms with van der Waals surface area (Å²) in [5, 5.41) is 10.6. The minimum Gasteiger partial charge on any atom is -0.497 e. The van der Waals surface area contributed by atoms with Crippen molar-refractivity contribution in [1.29, 1.82) is 0 Å². The molecule has 4 rings (SSSR count). The maximum Gasteiger partial charge on any atom is 0.573 e. The maximum absolute atomic E-state index is 12.5. The third kappa shape index (κ3) is 8.76. The summed E-state index contributed by atoms with van der Waals surface area (Å²) in [6, 6.07) is 13.9. The second-order valence-corrected chi connectivity index (χ2v) is 11.0. The van der Waals surface area contributed by atoms with Crippen LogP contribution in [0.15, 0.2) is 59.6 Å².